The van der Waals surface area contributed by atoms with Crippen LogP contribution in [0.25, 0.3) is 0 Å². The van der Waals surface area contributed by atoms with Crippen molar-refractivity contribution in [2.75, 3.05) is 19.6 Å². The van der Waals surface area contributed by atoms with Crippen molar-refractivity contribution in [2.24, 2.45) is 0 Å². The summed E-state index contributed by atoms with van der Waals surface area (Å²) in [6.45, 7) is 4.87. The summed E-state index contributed by atoms with van der Waals surface area (Å²) in [6, 6.07) is 0. The molecule has 1 N–H and O–H groups in total. The van der Waals surface area contributed by atoms with E-state index >= 15 is 0 Å². The average Bonchev–Trinajstić information content (AvgIpc) is 2.14. The highest BCUT2D eigenvalue weighted by Crippen LogP contribution is 1.98. The molecule has 5 heteroatoms. The molecule has 0 spiro atoms. The van der Waals surface area contributed by atoms with Crippen molar-refractivity contribution < 1.29 is 8.42 Å². The summed E-state index contributed by atoms with van der Waals surface area (Å²) in [5.41, 5.74) is 0. The highest BCUT2D eigenvalue weighted by atomic mass is 32.2. The summed E-state index contributed by atoms with van der Waals surface area (Å²) in [6.07, 6.45) is 6.63. The van der Waals surface area contributed by atoms with Gasteiger partial charge in [0.2, 0.25) is 0 Å². The fourth-order valence-electron chi connectivity index (χ4n) is 0.958. The van der Waals surface area contributed by atoms with E-state index in [1.807, 2.05) is 13.8 Å². The number of nitrogens with zero attached hydrogens (tertiary/aromatic N) is 1. The Bertz CT molecular complexity index is 280. The Balaban J connectivity index is 4.39. The fraction of sp³-hybridized carbons (Fsp3) is 0.778. The molecule has 82 valence electrons. The summed E-state index contributed by atoms with van der Waals surface area (Å²) >= 11 is 0. The van der Waals surface area contributed by atoms with Gasteiger partial charge in [-0.15, -0.1) is 6.42 Å². The molecule has 0 saturated heterocycles. The van der Waals surface area contributed by atoms with Gasteiger partial charge in [0.05, 0.1) is 6.54 Å². The van der Waals surface area contributed by atoms with E-state index in [-0.39, 0.29) is 6.54 Å². The van der Waals surface area contributed by atoms with Crippen LogP contribution in [-0.4, -0.2) is 32.4 Å². The zero-order valence-electron chi connectivity index (χ0n) is 8.78. The number of terminal acetylenes is 1. The van der Waals surface area contributed by atoms with E-state index in [9.17, 15) is 8.42 Å². The maximum atomic E-state index is 11.6. The van der Waals surface area contributed by atoms with Crippen LogP contribution in [0.2, 0.25) is 0 Å². The highest BCUT2D eigenvalue weighted by Gasteiger charge is 2.18. The SMILES string of the molecule is C#CCN(CCC)S(=O)(=O)NCCC. The lowest BCUT2D eigenvalue weighted by Gasteiger charge is -2.19. The van der Waals surface area contributed by atoms with E-state index in [1.165, 1.54) is 4.31 Å². The second-order valence-corrected chi connectivity index (χ2v) is 4.69. The maximum absolute atomic E-state index is 11.6. The largest absolute Gasteiger partial charge is 0.280 e. The molecule has 4 nitrogen and oxygen atoms in total. The molecule has 0 heterocycles. The zero-order chi connectivity index (χ0) is 11.0. The van der Waals surface area contributed by atoms with Crippen molar-refractivity contribution in [1.82, 2.24) is 9.03 Å². The van der Waals surface area contributed by atoms with Gasteiger partial charge >= 0.3 is 0 Å². The van der Waals surface area contributed by atoms with Crippen LogP contribution in [0.1, 0.15) is 26.7 Å². The minimum atomic E-state index is -3.37. The molecule has 0 fully saturated rings. The number of hydrogen-bond acceptors (Lipinski definition) is 2. The first-order valence-corrected chi connectivity index (χ1v) is 6.20. The van der Waals surface area contributed by atoms with Gasteiger partial charge in [-0.25, -0.2) is 4.72 Å². The lowest BCUT2D eigenvalue weighted by Crippen LogP contribution is -2.41. The van der Waals surface area contributed by atoms with Crippen molar-refractivity contribution in [1.29, 1.82) is 0 Å². The second kappa shape index (κ2) is 6.82. The molecule has 14 heavy (non-hydrogen) atoms. The molecule has 0 bridgehead atoms. The smallest absolute Gasteiger partial charge is 0.202 e. The molecule has 0 aliphatic heterocycles. The molecule has 0 unspecified atom stereocenters. The average molecular weight is 218 g/mol. The zero-order valence-corrected chi connectivity index (χ0v) is 9.60. The molecule has 0 aliphatic rings. The van der Waals surface area contributed by atoms with Crippen LogP contribution < -0.4 is 4.72 Å². The first-order chi connectivity index (χ1) is 6.58. The summed E-state index contributed by atoms with van der Waals surface area (Å²) in [7, 11) is -3.37. The summed E-state index contributed by atoms with van der Waals surface area (Å²) in [5, 5.41) is 0. The van der Waals surface area contributed by atoms with Gasteiger partial charge in [-0.3, -0.25) is 0 Å². The molecule has 0 aliphatic carbocycles. The Labute approximate surface area is 86.9 Å². The third-order valence-corrected chi connectivity index (χ3v) is 3.18. The van der Waals surface area contributed by atoms with Crippen LogP contribution in [-0.2, 0) is 10.2 Å². The highest BCUT2D eigenvalue weighted by molar-refractivity contribution is 7.87. The van der Waals surface area contributed by atoms with Gasteiger partial charge in [-0.05, 0) is 12.8 Å². The van der Waals surface area contributed by atoms with Gasteiger partial charge in [0.1, 0.15) is 0 Å². The number of rotatable bonds is 7. The lowest BCUT2D eigenvalue weighted by atomic mass is 10.5. The monoisotopic (exact) mass is 218 g/mol. The lowest BCUT2D eigenvalue weighted by molar-refractivity contribution is 0.435. The first kappa shape index (κ1) is 13.4. The Hall–Kier alpha value is -0.570. The van der Waals surface area contributed by atoms with E-state index in [2.05, 4.69) is 10.6 Å². The Morgan fingerprint density at radius 2 is 2.00 bits per heavy atom. The Morgan fingerprint density at radius 1 is 1.36 bits per heavy atom. The van der Waals surface area contributed by atoms with E-state index in [4.69, 9.17) is 6.42 Å². The molecule has 0 aromatic rings. The van der Waals surface area contributed by atoms with Crippen LogP contribution in [0, 0.1) is 12.3 Å². The molecular formula is C9H18N2O2S. The van der Waals surface area contributed by atoms with Gasteiger partial charge in [0.25, 0.3) is 10.2 Å². The molecule has 0 amide bonds. The van der Waals surface area contributed by atoms with Gasteiger partial charge in [-0.1, -0.05) is 19.8 Å². The van der Waals surface area contributed by atoms with Crippen molar-refractivity contribution in [3.05, 3.63) is 0 Å². The topological polar surface area (TPSA) is 49.4 Å². The molecule has 0 aromatic carbocycles. The van der Waals surface area contributed by atoms with Crippen LogP contribution in [0.5, 0.6) is 0 Å². The van der Waals surface area contributed by atoms with E-state index in [0.29, 0.717) is 13.1 Å². The Kier molecular flexibility index (Phi) is 6.54. The summed E-state index contributed by atoms with van der Waals surface area (Å²) in [5.74, 6) is 2.34. The van der Waals surface area contributed by atoms with Crippen molar-refractivity contribution in [3.8, 4) is 12.3 Å². The van der Waals surface area contributed by atoms with Gasteiger partial charge in [0.15, 0.2) is 0 Å². The molecular weight excluding hydrogens is 200 g/mol. The predicted octanol–water partition coefficient (Wildman–Crippen LogP) is 0.576. The molecule has 0 rings (SSSR count). The number of nitrogens with one attached hydrogen (secondary N) is 1. The normalized spacial score (nSPS) is 11.6. The van der Waals surface area contributed by atoms with Crippen molar-refractivity contribution >= 4 is 10.2 Å². The van der Waals surface area contributed by atoms with Crippen LogP contribution in [0.4, 0.5) is 0 Å². The second-order valence-electron chi connectivity index (χ2n) is 2.94. The van der Waals surface area contributed by atoms with Gasteiger partial charge in [-0.2, -0.15) is 12.7 Å². The van der Waals surface area contributed by atoms with E-state index in [1.54, 1.807) is 0 Å². The van der Waals surface area contributed by atoms with Crippen molar-refractivity contribution in [3.63, 3.8) is 0 Å². The van der Waals surface area contributed by atoms with Crippen LogP contribution in [0.15, 0.2) is 0 Å². The molecule has 0 atom stereocenters. The quantitative estimate of drug-likeness (QED) is 0.635. The Morgan fingerprint density at radius 3 is 2.43 bits per heavy atom. The minimum Gasteiger partial charge on any atom is -0.202 e. The predicted molar refractivity (Wildman–Crippen MR) is 57.9 cm³/mol. The molecule has 0 aromatic heterocycles. The van der Waals surface area contributed by atoms with Crippen LogP contribution >= 0.6 is 0 Å². The van der Waals surface area contributed by atoms with Gasteiger partial charge in [0, 0.05) is 13.1 Å². The molecule has 0 radical (unpaired) electrons. The molecule has 0 saturated carbocycles. The summed E-state index contributed by atoms with van der Waals surface area (Å²) < 4.78 is 26.9. The first-order valence-electron chi connectivity index (χ1n) is 4.76. The van der Waals surface area contributed by atoms with Crippen molar-refractivity contribution in [2.45, 2.75) is 26.7 Å². The number of hydrogen-bond donors (Lipinski definition) is 1. The van der Waals surface area contributed by atoms with Crippen LogP contribution in [0.3, 0.4) is 0 Å². The standard InChI is InChI=1S/C9H18N2O2S/c1-4-7-10-14(12,13)11(8-5-2)9-6-3/h2,10H,4,6-9H2,1,3H3. The third kappa shape index (κ3) is 4.61. The summed E-state index contributed by atoms with van der Waals surface area (Å²) in [4.78, 5) is 0. The van der Waals surface area contributed by atoms with E-state index in [0.717, 1.165) is 12.8 Å². The minimum absolute atomic E-state index is 0.132. The maximum Gasteiger partial charge on any atom is 0.280 e. The van der Waals surface area contributed by atoms with Gasteiger partial charge < -0.3 is 0 Å². The third-order valence-electron chi connectivity index (χ3n) is 1.62. The fourth-order valence-corrected chi connectivity index (χ4v) is 2.27. The van der Waals surface area contributed by atoms with E-state index < -0.39 is 10.2 Å².